The van der Waals surface area contributed by atoms with E-state index in [9.17, 15) is 0 Å². The third kappa shape index (κ3) is 3.73. The maximum absolute atomic E-state index is 5.97. The maximum Gasteiger partial charge on any atom is 0.142 e. The fraction of sp³-hybridized carbons (Fsp3) is 0.692. The van der Waals surface area contributed by atoms with E-state index < -0.39 is 0 Å². The highest BCUT2D eigenvalue weighted by Gasteiger charge is 2.33. The molecule has 1 aliphatic heterocycles. The summed E-state index contributed by atoms with van der Waals surface area (Å²) >= 11 is 0. The minimum atomic E-state index is -0.157. The molecule has 0 saturated carbocycles. The smallest absolute Gasteiger partial charge is 0.142 e. The molecule has 1 atom stereocenters. The van der Waals surface area contributed by atoms with E-state index in [1.807, 2.05) is 6.07 Å². The predicted molar refractivity (Wildman–Crippen MR) is 68.1 cm³/mol. The van der Waals surface area contributed by atoms with Gasteiger partial charge in [-0.05, 0) is 19.9 Å². The first-order chi connectivity index (χ1) is 8.59. The third-order valence-electron chi connectivity index (χ3n) is 2.89. The average molecular weight is 251 g/mol. The van der Waals surface area contributed by atoms with Gasteiger partial charge in [0.15, 0.2) is 0 Å². The van der Waals surface area contributed by atoms with E-state index >= 15 is 0 Å². The first-order valence-electron chi connectivity index (χ1n) is 6.24. The summed E-state index contributed by atoms with van der Waals surface area (Å²) in [5.41, 5.74) is -0.157. The minimum absolute atomic E-state index is 0.113. The molecule has 5 nitrogen and oxygen atoms in total. The highest BCUT2D eigenvalue weighted by molar-refractivity contribution is 4.91. The molecule has 0 bridgehead atoms. The number of methoxy groups -OCH3 is 1. The molecule has 1 aromatic rings. The zero-order chi connectivity index (χ0) is 13.0. The summed E-state index contributed by atoms with van der Waals surface area (Å²) in [6.07, 6.45) is 3.67. The van der Waals surface area contributed by atoms with Crippen LogP contribution in [-0.2, 0) is 16.0 Å². The van der Waals surface area contributed by atoms with E-state index in [1.165, 1.54) is 0 Å². The molecule has 0 amide bonds. The highest BCUT2D eigenvalue weighted by atomic mass is 16.5. The number of rotatable bonds is 4. The summed E-state index contributed by atoms with van der Waals surface area (Å²) in [5, 5.41) is 0. The molecule has 0 N–H and O–H groups in total. The second-order valence-electron chi connectivity index (χ2n) is 5.29. The lowest BCUT2D eigenvalue weighted by Gasteiger charge is -2.42. The molecule has 1 unspecified atom stereocenters. The van der Waals surface area contributed by atoms with E-state index in [2.05, 4.69) is 28.7 Å². The Hall–Kier alpha value is -1.04. The largest absolute Gasteiger partial charge is 0.382 e. The van der Waals surface area contributed by atoms with Crippen LogP contribution in [0.15, 0.2) is 18.5 Å². The van der Waals surface area contributed by atoms with E-state index in [1.54, 1.807) is 19.5 Å². The van der Waals surface area contributed by atoms with Crippen LogP contribution in [0.1, 0.15) is 19.7 Å². The molecule has 1 aromatic heterocycles. The minimum Gasteiger partial charge on any atom is -0.382 e. The van der Waals surface area contributed by atoms with E-state index in [0.29, 0.717) is 6.61 Å². The van der Waals surface area contributed by atoms with Crippen LogP contribution in [0.25, 0.3) is 0 Å². The number of morpholine rings is 1. The van der Waals surface area contributed by atoms with Gasteiger partial charge in [0.1, 0.15) is 5.82 Å². The lowest BCUT2D eigenvalue weighted by Crippen LogP contribution is -2.53. The summed E-state index contributed by atoms with van der Waals surface area (Å²) in [6.45, 7) is 7.33. The molecule has 1 aliphatic rings. The highest BCUT2D eigenvalue weighted by Crippen LogP contribution is 2.22. The van der Waals surface area contributed by atoms with Gasteiger partial charge in [-0.25, -0.2) is 9.97 Å². The summed E-state index contributed by atoms with van der Waals surface area (Å²) in [4.78, 5) is 10.9. The number of hydrogen-bond acceptors (Lipinski definition) is 5. The van der Waals surface area contributed by atoms with Crippen LogP contribution >= 0.6 is 0 Å². The number of hydrogen-bond donors (Lipinski definition) is 0. The monoisotopic (exact) mass is 251 g/mol. The van der Waals surface area contributed by atoms with E-state index in [4.69, 9.17) is 9.47 Å². The Morgan fingerprint density at radius 2 is 2.17 bits per heavy atom. The van der Waals surface area contributed by atoms with Crippen LogP contribution < -0.4 is 0 Å². The Morgan fingerprint density at radius 3 is 2.83 bits per heavy atom. The quantitative estimate of drug-likeness (QED) is 0.802. The second-order valence-corrected chi connectivity index (χ2v) is 5.29. The van der Waals surface area contributed by atoms with Gasteiger partial charge in [-0.2, -0.15) is 0 Å². The lowest BCUT2D eigenvalue weighted by molar-refractivity contribution is -0.154. The van der Waals surface area contributed by atoms with Crippen molar-refractivity contribution in [3.8, 4) is 0 Å². The van der Waals surface area contributed by atoms with Crippen LogP contribution in [0.2, 0.25) is 0 Å². The summed E-state index contributed by atoms with van der Waals surface area (Å²) in [5.74, 6) is 0.853. The first-order valence-corrected chi connectivity index (χ1v) is 6.24. The van der Waals surface area contributed by atoms with Crippen molar-refractivity contribution in [2.45, 2.75) is 32.1 Å². The standard InChI is InChI=1S/C13H21N3O2/c1-13(2)10-16(7-11(18-13)9-17-3)8-12-14-5-4-6-15-12/h4-6,11H,7-10H2,1-3H3. The Balaban J connectivity index is 1.99. The molecule has 2 heterocycles. The zero-order valence-corrected chi connectivity index (χ0v) is 11.3. The summed E-state index contributed by atoms with van der Waals surface area (Å²) in [7, 11) is 1.70. The fourth-order valence-electron chi connectivity index (χ4n) is 2.42. The zero-order valence-electron chi connectivity index (χ0n) is 11.3. The molecule has 2 rings (SSSR count). The van der Waals surface area contributed by atoms with Gasteiger partial charge in [0.25, 0.3) is 0 Å². The molecule has 0 aliphatic carbocycles. The SMILES string of the molecule is COCC1CN(Cc2ncccn2)CC(C)(C)O1. The predicted octanol–water partition coefficient (Wildman–Crippen LogP) is 1.10. The van der Waals surface area contributed by atoms with Crippen LogP contribution in [0.5, 0.6) is 0 Å². The summed E-state index contributed by atoms with van der Waals surface area (Å²) < 4.78 is 11.2. The third-order valence-corrected chi connectivity index (χ3v) is 2.89. The Kier molecular flexibility index (Phi) is 4.27. The molecule has 0 spiro atoms. The van der Waals surface area contributed by atoms with Gasteiger partial charge in [0, 0.05) is 32.6 Å². The van der Waals surface area contributed by atoms with Crippen LogP contribution in [0.3, 0.4) is 0 Å². The van der Waals surface area contributed by atoms with Gasteiger partial charge in [0.05, 0.1) is 24.9 Å². The Morgan fingerprint density at radius 1 is 1.44 bits per heavy atom. The molecular formula is C13H21N3O2. The van der Waals surface area contributed by atoms with Gasteiger partial charge < -0.3 is 9.47 Å². The van der Waals surface area contributed by atoms with Crippen molar-refractivity contribution in [1.82, 2.24) is 14.9 Å². The molecule has 18 heavy (non-hydrogen) atoms. The molecule has 1 fully saturated rings. The molecule has 1 saturated heterocycles. The van der Waals surface area contributed by atoms with Crippen molar-refractivity contribution >= 4 is 0 Å². The molecular weight excluding hydrogens is 230 g/mol. The first kappa shape index (κ1) is 13.4. The van der Waals surface area contributed by atoms with E-state index in [-0.39, 0.29) is 11.7 Å². The van der Waals surface area contributed by atoms with Crippen LogP contribution in [-0.4, -0.2) is 53.4 Å². The van der Waals surface area contributed by atoms with Crippen molar-refractivity contribution in [2.75, 3.05) is 26.8 Å². The number of ether oxygens (including phenoxy) is 2. The van der Waals surface area contributed by atoms with Gasteiger partial charge in [-0.1, -0.05) is 0 Å². The van der Waals surface area contributed by atoms with Crippen molar-refractivity contribution in [1.29, 1.82) is 0 Å². The average Bonchev–Trinajstić information content (AvgIpc) is 2.28. The number of aromatic nitrogens is 2. The molecule has 100 valence electrons. The summed E-state index contributed by atoms with van der Waals surface area (Å²) in [6, 6.07) is 1.83. The Bertz CT molecular complexity index is 370. The fourth-order valence-corrected chi connectivity index (χ4v) is 2.42. The van der Waals surface area contributed by atoms with Crippen molar-refractivity contribution in [3.63, 3.8) is 0 Å². The number of nitrogens with zero attached hydrogens (tertiary/aromatic N) is 3. The lowest BCUT2D eigenvalue weighted by atomic mass is 10.1. The molecule has 5 heteroatoms. The topological polar surface area (TPSA) is 47.5 Å². The van der Waals surface area contributed by atoms with Crippen molar-refractivity contribution in [3.05, 3.63) is 24.3 Å². The Labute approximate surface area is 108 Å². The van der Waals surface area contributed by atoms with E-state index in [0.717, 1.165) is 25.5 Å². The van der Waals surface area contributed by atoms with Gasteiger partial charge in [-0.15, -0.1) is 0 Å². The van der Waals surface area contributed by atoms with Gasteiger partial charge >= 0.3 is 0 Å². The van der Waals surface area contributed by atoms with Crippen molar-refractivity contribution in [2.24, 2.45) is 0 Å². The van der Waals surface area contributed by atoms with Crippen LogP contribution in [0, 0.1) is 0 Å². The second kappa shape index (κ2) is 5.73. The molecule has 0 aromatic carbocycles. The molecule has 0 radical (unpaired) electrons. The van der Waals surface area contributed by atoms with Gasteiger partial charge in [-0.3, -0.25) is 4.90 Å². The van der Waals surface area contributed by atoms with Gasteiger partial charge in [0.2, 0.25) is 0 Å². The van der Waals surface area contributed by atoms with Crippen molar-refractivity contribution < 1.29 is 9.47 Å². The normalized spacial score (nSPS) is 24.1. The maximum atomic E-state index is 5.97. The van der Waals surface area contributed by atoms with Crippen LogP contribution in [0.4, 0.5) is 0 Å².